The van der Waals surface area contributed by atoms with Gasteiger partial charge in [-0.2, -0.15) is 0 Å². The maximum absolute atomic E-state index is 13.5. The average molecular weight is 183 g/mol. The average Bonchev–Trinajstić information content (AvgIpc) is 2.19. The zero-order chi connectivity index (χ0) is 9.52. The van der Waals surface area contributed by atoms with Gasteiger partial charge >= 0.3 is 0 Å². The smallest absolute Gasteiger partial charge is 0.115 e. The summed E-state index contributed by atoms with van der Waals surface area (Å²) >= 11 is 0. The minimum atomic E-state index is -0.700. The van der Waals surface area contributed by atoms with Crippen LogP contribution in [0.25, 0.3) is 0 Å². The Morgan fingerprint density at radius 2 is 2.38 bits per heavy atom. The molecule has 0 radical (unpaired) electrons. The molecule has 1 nitrogen and oxygen atoms in total. The van der Waals surface area contributed by atoms with Crippen LogP contribution in [-0.2, 0) is 0 Å². The number of rotatable bonds is 4. The minimum absolute atomic E-state index is 0.0894. The molecule has 74 valence electrons. The summed E-state index contributed by atoms with van der Waals surface area (Å²) in [5, 5.41) is 3.22. The number of alkyl halides is 1. The summed E-state index contributed by atoms with van der Waals surface area (Å²) < 4.78 is 13.5. The van der Waals surface area contributed by atoms with Crippen molar-refractivity contribution < 1.29 is 4.39 Å². The molecule has 0 aliphatic carbocycles. The summed E-state index contributed by atoms with van der Waals surface area (Å²) in [7, 11) is 0. The number of unbranched alkanes of at least 4 members (excludes halogenated alkanes) is 1. The molecule has 1 saturated heterocycles. The number of hydrogen-bond donors (Lipinski definition) is 1. The monoisotopic (exact) mass is 183 g/mol. The van der Waals surface area contributed by atoms with E-state index < -0.39 is 6.17 Å². The Bertz CT molecular complexity index is 167. The molecule has 1 heterocycles. The molecule has 0 amide bonds. The largest absolute Gasteiger partial charge is 0.311 e. The highest BCUT2D eigenvalue weighted by molar-refractivity contribution is 4.85. The van der Waals surface area contributed by atoms with Crippen LogP contribution in [0.4, 0.5) is 4.39 Å². The molecule has 0 spiro atoms. The van der Waals surface area contributed by atoms with E-state index >= 15 is 0 Å². The van der Waals surface area contributed by atoms with Gasteiger partial charge in [0, 0.05) is 12.5 Å². The lowest BCUT2D eigenvalue weighted by atomic mass is 9.97. The zero-order valence-corrected chi connectivity index (χ0v) is 8.06. The number of halogens is 1. The summed E-state index contributed by atoms with van der Waals surface area (Å²) in [5.41, 5.74) is 0. The second kappa shape index (κ2) is 5.99. The predicted octanol–water partition coefficient (Wildman–Crippen LogP) is 2.27. The fraction of sp³-hybridized carbons (Fsp3) is 0.818. The standard InChI is InChI=1S/C11H18FN/c1-2-3-4-7-10(12)11-8-5-6-9-13-11/h1,10-11,13H,3-9H2. The van der Waals surface area contributed by atoms with Crippen LogP contribution in [0.1, 0.15) is 38.5 Å². The van der Waals surface area contributed by atoms with Crippen LogP contribution in [0.5, 0.6) is 0 Å². The summed E-state index contributed by atoms with van der Waals surface area (Å²) in [4.78, 5) is 0. The molecule has 2 atom stereocenters. The van der Waals surface area contributed by atoms with Crippen molar-refractivity contribution in [2.75, 3.05) is 6.54 Å². The van der Waals surface area contributed by atoms with Crippen molar-refractivity contribution in [3.8, 4) is 12.3 Å². The first kappa shape index (κ1) is 10.5. The van der Waals surface area contributed by atoms with E-state index in [-0.39, 0.29) is 6.04 Å². The van der Waals surface area contributed by atoms with Crippen LogP contribution in [-0.4, -0.2) is 18.8 Å². The molecule has 0 saturated carbocycles. The topological polar surface area (TPSA) is 12.0 Å². The predicted molar refractivity (Wildman–Crippen MR) is 53.2 cm³/mol. The van der Waals surface area contributed by atoms with Gasteiger partial charge in [-0.3, -0.25) is 0 Å². The Balaban J connectivity index is 2.14. The van der Waals surface area contributed by atoms with Crippen LogP contribution in [0, 0.1) is 12.3 Å². The fourth-order valence-corrected chi connectivity index (χ4v) is 1.79. The van der Waals surface area contributed by atoms with Gasteiger partial charge in [-0.1, -0.05) is 6.42 Å². The lowest BCUT2D eigenvalue weighted by Gasteiger charge is -2.26. The van der Waals surface area contributed by atoms with E-state index in [0.29, 0.717) is 12.8 Å². The molecule has 0 aromatic heterocycles. The molecule has 1 fully saturated rings. The second-order valence-corrected chi connectivity index (χ2v) is 3.67. The molecular formula is C11H18FN. The highest BCUT2D eigenvalue weighted by Gasteiger charge is 2.21. The summed E-state index contributed by atoms with van der Waals surface area (Å²) in [5.74, 6) is 2.54. The van der Waals surface area contributed by atoms with Gasteiger partial charge in [0.15, 0.2) is 0 Å². The van der Waals surface area contributed by atoms with Gasteiger partial charge in [-0.05, 0) is 32.2 Å². The van der Waals surface area contributed by atoms with Crippen molar-refractivity contribution in [2.24, 2.45) is 0 Å². The maximum Gasteiger partial charge on any atom is 0.115 e. The summed E-state index contributed by atoms with van der Waals surface area (Å²) in [6.07, 6.45) is 9.87. The van der Waals surface area contributed by atoms with Crippen LogP contribution >= 0.6 is 0 Å². The number of piperidine rings is 1. The fourth-order valence-electron chi connectivity index (χ4n) is 1.79. The van der Waals surface area contributed by atoms with Crippen molar-refractivity contribution in [1.82, 2.24) is 5.32 Å². The molecule has 13 heavy (non-hydrogen) atoms. The Labute approximate surface area is 80.1 Å². The zero-order valence-electron chi connectivity index (χ0n) is 8.06. The first-order valence-corrected chi connectivity index (χ1v) is 5.15. The second-order valence-electron chi connectivity index (χ2n) is 3.67. The van der Waals surface area contributed by atoms with E-state index in [0.717, 1.165) is 25.8 Å². The van der Waals surface area contributed by atoms with E-state index in [2.05, 4.69) is 11.2 Å². The summed E-state index contributed by atoms with van der Waals surface area (Å²) in [6.45, 7) is 0.972. The van der Waals surface area contributed by atoms with Crippen molar-refractivity contribution in [3.05, 3.63) is 0 Å². The Morgan fingerprint density at radius 3 is 3.00 bits per heavy atom. The minimum Gasteiger partial charge on any atom is -0.311 e. The molecule has 0 aromatic carbocycles. The normalized spacial score (nSPS) is 25.1. The van der Waals surface area contributed by atoms with E-state index in [4.69, 9.17) is 6.42 Å². The molecule has 1 aliphatic rings. The molecule has 0 aromatic rings. The molecule has 0 bridgehead atoms. The maximum atomic E-state index is 13.5. The molecule has 2 unspecified atom stereocenters. The SMILES string of the molecule is C#CCCCC(F)C1CCCCN1. The van der Waals surface area contributed by atoms with E-state index in [9.17, 15) is 4.39 Å². The highest BCUT2D eigenvalue weighted by Crippen LogP contribution is 2.16. The quantitative estimate of drug-likeness (QED) is 0.521. The lowest BCUT2D eigenvalue weighted by Crippen LogP contribution is -2.41. The van der Waals surface area contributed by atoms with E-state index in [1.54, 1.807) is 0 Å². The van der Waals surface area contributed by atoms with Gasteiger partial charge < -0.3 is 5.32 Å². The number of hydrogen-bond acceptors (Lipinski definition) is 1. The molecule has 1 N–H and O–H groups in total. The number of nitrogens with one attached hydrogen (secondary N) is 1. The summed E-state index contributed by atoms with van der Waals surface area (Å²) in [6, 6.07) is 0.0894. The van der Waals surface area contributed by atoms with Gasteiger partial charge in [-0.15, -0.1) is 12.3 Å². The molecule has 2 heteroatoms. The molecule has 1 rings (SSSR count). The van der Waals surface area contributed by atoms with Crippen molar-refractivity contribution >= 4 is 0 Å². The van der Waals surface area contributed by atoms with Gasteiger partial charge in [0.25, 0.3) is 0 Å². The Hall–Kier alpha value is -0.550. The molecular weight excluding hydrogens is 165 g/mol. The van der Waals surface area contributed by atoms with E-state index in [1.165, 1.54) is 6.42 Å². The highest BCUT2D eigenvalue weighted by atomic mass is 19.1. The van der Waals surface area contributed by atoms with E-state index in [1.807, 2.05) is 0 Å². The Kier molecular flexibility index (Phi) is 4.85. The van der Waals surface area contributed by atoms with Gasteiger partial charge in [0.2, 0.25) is 0 Å². The Morgan fingerprint density at radius 1 is 1.54 bits per heavy atom. The molecule has 1 aliphatic heterocycles. The first-order valence-electron chi connectivity index (χ1n) is 5.15. The van der Waals surface area contributed by atoms with Crippen LogP contribution in [0.2, 0.25) is 0 Å². The van der Waals surface area contributed by atoms with Crippen molar-refractivity contribution in [2.45, 2.75) is 50.7 Å². The third-order valence-corrected chi connectivity index (χ3v) is 2.59. The van der Waals surface area contributed by atoms with Gasteiger partial charge in [0.1, 0.15) is 6.17 Å². The van der Waals surface area contributed by atoms with Crippen molar-refractivity contribution in [1.29, 1.82) is 0 Å². The van der Waals surface area contributed by atoms with Crippen molar-refractivity contribution in [3.63, 3.8) is 0 Å². The number of terminal acetylenes is 1. The third-order valence-electron chi connectivity index (χ3n) is 2.59. The van der Waals surface area contributed by atoms with Crippen LogP contribution in [0.15, 0.2) is 0 Å². The van der Waals surface area contributed by atoms with Crippen LogP contribution < -0.4 is 5.32 Å². The first-order chi connectivity index (χ1) is 6.34. The van der Waals surface area contributed by atoms with Gasteiger partial charge in [-0.25, -0.2) is 4.39 Å². The van der Waals surface area contributed by atoms with Gasteiger partial charge in [0.05, 0.1) is 0 Å². The van der Waals surface area contributed by atoms with Crippen LogP contribution in [0.3, 0.4) is 0 Å². The third kappa shape index (κ3) is 3.78. The lowest BCUT2D eigenvalue weighted by molar-refractivity contribution is 0.204.